The monoisotopic (exact) mass is 637 g/mol. The maximum atomic E-state index is 14.4. The summed E-state index contributed by atoms with van der Waals surface area (Å²) in [4.78, 5) is 29.2. The van der Waals surface area contributed by atoms with E-state index in [1.165, 1.54) is 30.1 Å². The average molecular weight is 639 g/mol. The minimum atomic E-state index is -4.22. The normalized spacial score (nSPS) is 11.9. The number of aryl methyl sites for hydroxylation is 2. The van der Waals surface area contributed by atoms with E-state index in [1.54, 1.807) is 55.5 Å². The zero-order valence-electron chi connectivity index (χ0n) is 24.1. The Kier molecular flexibility index (Phi) is 10.5. The van der Waals surface area contributed by atoms with Gasteiger partial charge in [0.2, 0.25) is 11.8 Å². The molecule has 1 atom stereocenters. The van der Waals surface area contributed by atoms with E-state index in [4.69, 9.17) is 23.2 Å². The van der Waals surface area contributed by atoms with E-state index >= 15 is 0 Å². The maximum Gasteiger partial charge on any atom is 0.264 e. The minimum absolute atomic E-state index is 0.0251. The minimum Gasteiger partial charge on any atom is -0.357 e. The molecule has 4 aromatic rings. The van der Waals surface area contributed by atoms with E-state index in [9.17, 15) is 18.0 Å². The zero-order valence-corrected chi connectivity index (χ0v) is 26.5. The molecule has 0 radical (unpaired) electrons. The number of benzene rings is 4. The summed E-state index contributed by atoms with van der Waals surface area (Å²) in [5.74, 6) is -0.953. The van der Waals surface area contributed by atoms with Crippen LogP contribution in [0.4, 0.5) is 5.69 Å². The number of rotatable bonds is 11. The van der Waals surface area contributed by atoms with Crippen molar-refractivity contribution >= 4 is 50.7 Å². The molecular weight excluding hydrogens is 605 g/mol. The predicted octanol–water partition coefficient (Wildman–Crippen LogP) is 6.19. The number of sulfonamides is 1. The van der Waals surface area contributed by atoms with Crippen molar-refractivity contribution in [3.8, 4) is 0 Å². The third-order valence-corrected chi connectivity index (χ3v) is 9.33. The van der Waals surface area contributed by atoms with Crippen LogP contribution in [0.25, 0.3) is 0 Å². The van der Waals surface area contributed by atoms with Crippen LogP contribution in [-0.2, 0) is 32.6 Å². The van der Waals surface area contributed by atoms with Crippen LogP contribution in [0.2, 0.25) is 10.0 Å². The summed E-state index contributed by atoms with van der Waals surface area (Å²) in [6.07, 6.45) is 0.216. The summed E-state index contributed by atoms with van der Waals surface area (Å²) >= 11 is 12.6. The molecule has 0 bridgehead atoms. The number of amides is 2. The first-order valence-corrected chi connectivity index (χ1v) is 15.8. The number of nitrogens with zero attached hydrogens (tertiary/aromatic N) is 2. The standard InChI is InChI=1S/C33H33Cl2N3O4S/c1-23-12-16-29(17-13-23)43(41,42)38(30-20-28(35)15-14-24(30)2)22-32(39)37(21-26-10-7-11-27(34)18-26)31(33(40)36-3)19-25-8-5-4-6-9-25/h4-18,20,31H,19,21-22H2,1-3H3,(H,36,40)/t31-/m0/s1. The van der Waals surface area contributed by atoms with Crippen molar-refractivity contribution in [1.82, 2.24) is 10.2 Å². The number of nitrogens with one attached hydrogen (secondary N) is 1. The lowest BCUT2D eigenvalue weighted by molar-refractivity contribution is -0.139. The Balaban J connectivity index is 1.82. The van der Waals surface area contributed by atoms with Gasteiger partial charge in [0.1, 0.15) is 12.6 Å². The first kappa shape index (κ1) is 32.1. The van der Waals surface area contributed by atoms with E-state index < -0.39 is 28.5 Å². The lowest BCUT2D eigenvalue weighted by Gasteiger charge is -2.34. The number of likely N-dealkylation sites (N-methyl/N-ethyl adjacent to an activating group) is 1. The van der Waals surface area contributed by atoms with Crippen LogP contribution < -0.4 is 9.62 Å². The van der Waals surface area contributed by atoms with Crippen molar-refractivity contribution in [2.45, 2.75) is 37.8 Å². The topological polar surface area (TPSA) is 86.8 Å². The highest BCUT2D eigenvalue weighted by molar-refractivity contribution is 7.92. The van der Waals surface area contributed by atoms with Crippen LogP contribution >= 0.6 is 23.2 Å². The SMILES string of the molecule is CNC(=O)[C@H](Cc1ccccc1)N(Cc1cccc(Cl)c1)C(=O)CN(c1cc(Cl)ccc1C)S(=O)(=O)c1ccc(C)cc1. The fourth-order valence-electron chi connectivity index (χ4n) is 4.75. The van der Waals surface area contributed by atoms with E-state index in [2.05, 4.69) is 5.32 Å². The molecule has 7 nitrogen and oxygen atoms in total. The molecule has 224 valence electrons. The Morgan fingerprint density at radius 3 is 2.12 bits per heavy atom. The maximum absolute atomic E-state index is 14.4. The van der Waals surface area contributed by atoms with Gasteiger partial charge in [0.25, 0.3) is 10.0 Å². The first-order valence-electron chi connectivity index (χ1n) is 13.6. The van der Waals surface area contributed by atoms with Crippen molar-refractivity contribution in [3.05, 3.63) is 129 Å². The predicted molar refractivity (Wildman–Crippen MR) is 172 cm³/mol. The fraction of sp³-hybridized carbons (Fsp3) is 0.212. The molecule has 1 N–H and O–H groups in total. The molecule has 10 heteroatoms. The number of halogens is 2. The van der Waals surface area contributed by atoms with Gasteiger partial charge in [0.05, 0.1) is 10.6 Å². The van der Waals surface area contributed by atoms with E-state index in [1.807, 2.05) is 37.3 Å². The van der Waals surface area contributed by atoms with E-state index in [0.29, 0.717) is 21.2 Å². The number of hydrogen-bond acceptors (Lipinski definition) is 4. The van der Waals surface area contributed by atoms with Crippen LogP contribution in [0.15, 0.2) is 102 Å². The van der Waals surface area contributed by atoms with Crippen LogP contribution in [0.3, 0.4) is 0 Å². The van der Waals surface area contributed by atoms with E-state index in [-0.39, 0.29) is 29.5 Å². The second kappa shape index (κ2) is 14.1. The number of anilines is 1. The van der Waals surface area contributed by atoms with Crippen LogP contribution in [0.5, 0.6) is 0 Å². The van der Waals surface area contributed by atoms with Gasteiger partial charge in [-0.1, -0.05) is 89.4 Å². The van der Waals surface area contributed by atoms with Gasteiger partial charge in [-0.2, -0.15) is 0 Å². The smallest absolute Gasteiger partial charge is 0.264 e. The summed E-state index contributed by atoms with van der Waals surface area (Å²) in [7, 11) is -2.72. The molecule has 4 aromatic carbocycles. The number of carbonyl (C=O) groups is 2. The second-order valence-corrected chi connectivity index (χ2v) is 13.0. The van der Waals surface area contributed by atoms with Crippen LogP contribution in [-0.4, -0.2) is 44.8 Å². The van der Waals surface area contributed by atoms with Crippen LogP contribution in [0.1, 0.15) is 22.3 Å². The molecule has 4 rings (SSSR count). The molecule has 0 fully saturated rings. The van der Waals surface area contributed by atoms with Crippen LogP contribution in [0, 0.1) is 13.8 Å². The van der Waals surface area contributed by atoms with Gasteiger partial charge in [-0.05, 0) is 66.9 Å². The molecule has 0 heterocycles. The third-order valence-electron chi connectivity index (χ3n) is 7.09. The van der Waals surface area contributed by atoms with Gasteiger partial charge in [-0.25, -0.2) is 8.42 Å². The van der Waals surface area contributed by atoms with Gasteiger partial charge >= 0.3 is 0 Å². The molecule has 0 saturated carbocycles. The highest BCUT2D eigenvalue weighted by atomic mass is 35.5. The molecular formula is C33H33Cl2N3O4S. The van der Waals surface area contributed by atoms with E-state index in [0.717, 1.165) is 15.4 Å². The Morgan fingerprint density at radius 1 is 0.814 bits per heavy atom. The van der Waals surface area contributed by atoms with Gasteiger partial charge in [-0.15, -0.1) is 0 Å². The Labute approximate surface area is 263 Å². The second-order valence-electron chi connectivity index (χ2n) is 10.2. The molecule has 0 spiro atoms. The molecule has 0 aliphatic carbocycles. The Bertz CT molecular complexity index is 1700. The summed E-state index contributed by atoms with van der Waals surface area (Å²) in [6, 6.07) is 26.7. The van der Waals surface area contributed by atoms with Gasteiger partial charge in [0, 0.05) is 30.1 Å². The average Bonchev–Trinajstić information content (AvgIpc) is 2.99. The molecule has 0 aliphatic heterocycles. The number of carbonyl (C=O) groups excluding carboxylic acids is 2. The largest absolute Gasteiger partial charge is 0.357 e. The lowest BCUT2D eigenvalue weighted by atomic mass is 10.0. The van der Waals surface area contributed by atoms with Gasteiger partial charge in [-0.3, -0.25) is 13.9 Å². The highest BCUT2D eigenvalue weighted by Gasteiger charge is 2.35. The molecule has 0 aromatic heterocycles. The van der Waals surface area contributed by atoms with Crippen molar-refractivity contribution in [2.75, 3.05) is 17.9 Å². The van der Waals surface area contributed by atoms with Crippen molar-refractivity contribution < 1.29 is 18.0 Å². The Morgan fingerprint density at radius 2 is 1.47 bits per heavy atom. The van der Waals surface area contributed by atoms with Gasteiger partial charge < -0.3 is 10.2 Å². The lowest BCUT2D eigenvalue weighted by Crippen LogP contribution is -2.53. The molecule has 0 aliphatic rings. The van der Waals surface area contributed by atoms with Crippen molar-refractivity contribution in [1.29, 1.82) is 0 Å². The number of hydrogen-bond donors (Lipinski definition) is 1. The fourth-order valence-corrected chi connectivity index (χ4v) is 6.60. The zero-order chi connectivity index (χ0) is 31.1. The van der Waals surface area contributed by atoms with Crippen molar-refractivity contribution in [2.24, 2.45) is 0 Å². The van der Waals surface area contributed by atoms with Crippen molar-refractivity contribution in [3.63, 3.8) is 0 Å². The summed E-state index contributed by atoms with van der Waals surface area (Å²) in [5, 5.41) is 3.47. The first-order chi connectivity index (χ1) is 20.5. The molecule has 43 heavy (non-hydrogen) atoms. The molecule has 0 unspecified atom stereocenters. The summed E-state index contributed by atoms with van der Waals surface area (Å²) < 4.78 is 29.3. The quantitative estimate of drug-likeness (QED) is 0.212. The molecule has 0 saturated heterocycles. The highest BCUT2D eigenvalue weighted by Crippen LogP contribution is 2.30. The third kappa shape index (κ3) is 7.96. The molecule has 2 amide bonds. The summed E-state index contributed by atoms with van der Waals surface area (Å²) in [6.45, 7) is 3.07. The summed E-state index contributed by atoms with van der Waals surface area (Å²) in [5.41, 5.74) is 3.30. The Hall–Kier alpha value is -3.85. The van der Waals surface area contributed by atoms with Gasteiger partial charge in [0.15, 0.2) is 0 Å².